The van der Waals surface area contributed by atoms with Crippen LogP contribution in [0.15, 0.2) is 0 Å². The molecule has 2 aliphatic rings. The molecular formula is C13H25N3O. The van der Waals surface area contributed by atoms with Crippen molar-refractivity contribution in [2.75, 3.05) is 26.7 Å². The average molecular weight is 239 g/mol. The van der Waals surface area contributed by atoms with Crippen LogP contribution < -0.4 is 5.32 Å². The first-order chi connectivity index (χ1) is 8.10. The molecule has 0 saturated carbocycles. The molecule has 0 bridgehead atoms. The predicted octanol–water partition coefficient (Wildman–Crippen LogP) is 0.680. The second-order valence-electron chi connectivity index (χ2n) is 5.57. The fraction of sp³-hybridized carbons (Fsp3) is 0.923. The van der Waals surface area contributed by atoms with E-state index in [9.17, 15) is 4.79 Å². The van der Waals surface area contributed by atoms with Gasteiger partial charge >= 0.3 is 0 Å². The van der Waals surface area contributed by atoms with Gasteiger partial charge in [0.05, 0.1) is 0 Å². The lowest BCUT2D eigenvalue weighted by atomic mass is 10.1. The van der Waals surface area contributed by atoms with Gasteiger partial charge in [0.25, 0.3) is 0 Å². The summed E-state index contributed by atoms with van der Waals surface area (Å²) in [4.78, 5) is 16.0. The third kappa shape index (κ3) is 2.99. The minimum atomic E-state index is 0.297. The third-order valence-electron chi connectivity index (χ3n) is 4.20. The molecule has 2 fully saturated rings. The van der Waals surface area contributed by atoms with E-state index in [0.717, 1.165) is 26.1 Å². The number of carbonyl (C=O) groups is 1. The zero-order valence-electron chi connectivity index (χ0n) is 11.3. The summed E-state index contributed by atoms with van der Waals surface area (Å²) in [5.41, 5.74) is 0. The summed E-state index contributed by atoms with van der Waals surface area (Å²) in [5.74, 6) is 0.297. The first kappa shape index (κ1) is 12.8. The van der Waals surface area contributed by atoms with Crippen LogP contribution in [-0.2, 0) is 4.79 Å². The molecule has 0 aromatic rings. The number of rotatable bonds is 3. The number of carbonyl (C=O) groups excluding carboxylic acids is 1. The van der Waals surface area contributed by atoms with Crippen LogP contribution in [0.5, 0.6) is 0 Å². The molecule has 2 rings (SSSR count). The highest BCUT2D eigenvalue weighted by Gasteiger charge is 2.31. The Labute approximate surface area is 104 Å². The Hall–Kier alpha value is -0.610. The number of nitrogens with zero attached hydrogens (tertiary/aromatic N) is 2. The Kier molecular flexibility index (Phi) is 4.05. The van der Waals surface area contributed by atoms with Crippen molar-refractivity contribution in [3.8, 4) is 0 Å². The van der Waals surface area contributed by atoms with E-state index in [4.69, 9.17) is 0 Å². The summed E-state index contributed by atoms with van der Waals surface area (Å²) in [5, 5.41) is 3.71. The van der Waals surface area contributed by atoms with Gasteiger partial charge in [0.2, 0.25) is 5.91 Å². The summed E-state index contributed by atoms with van der Waals surface area (Å²) in [6.07, 6.45) is 2.98. The summed E-state index contributed by atoms with van der Waals surface area (Å²) in [6.45, 7) is 7.20. The van der Waals surface area contributed by atoms with Crippen molar-refractivity contribution in [1.82, 2.24) is 15.1 Å². The van der Waals surface area contributed by atoms with Gasteiger partial charge in [0, 0.05) is 44.2 Å². The average Bonchev–Trinajstić information content (AvgIpc) is 2.87. The highest BCUT2D eigenvalue weighted by Crippen LogP contribution is 2.18. The Morgan fingerprint density at radius 1 is 1.35 bits per heavy atom. The summed E-state index contributed by atoms with van der Waals surface area (Å²) in [6, 6.07) is 1.80. The number of likely N-dealkylation sites (N-methyl/N-ethyl adjacent to an activating group) is 1. The molecule has 0 radical (unpaired) electrons. The topological polar surface area (TPSA) is 35.6 Å². The monoisotopic (exact) mass is 239 g/mol. The molecule has 0 aliphatic carbocycles. The largest absolute Gasteiger partial charge is 0.341 e. The molecule has 98 valence electrons. The third-order valence-corrected chi connectivity index (χ3v) is 4.20. The standard InChI is InChI=1S/C13H25N3O/c1-4-13(17)16-6-5-11(9-16)14-12-7-10(2)15(3)8-12/h10-12,14H,4-9H2,1-3H3. The predicted molar refractivity (Wildman–Crippen MR) is 68.9 cm³/mol. The number of hydrogen-bond acceptors (Lipinski definition) is 3. The smallest absolute Gasteiger partial charge is 0.222 e. The number of likely N-dealkylation sites (tertiary alicyclic amines) is 2. The van der Waals surface area contributed by atoms with Crippen LogP contribution in [0.2, 0.25) is 0 Å². The zero-order valence-corrected chi connectivity index (χ0v) is 11.3. The summed E-state index contributed by atoms with van der Waals surface area (Å²) >= 11 is 0. The van der Waals surface area contributed by atoms with E-state index < -0.39 is 0 Å². The van der Waals surface area contributed by atoms with Crippen LogP contribution in [-0.4, -0.2) is 60.5 Å². The van der Waals surface area contributed by atoms with Gasteiger partial charge in [-0.25, -0.2) is 0 Å². The summed E-state index contributed by atoms with van der Waals surface area (Å²) in [7, 11) is 2.19. The van der Waals surface area contributed by atoms with Gasteiger partial charge in [-0.2, -0.15) is 0 Å². The lowest BCUT2D eigenvalue weighted by molar-refractivity contribution is -0.129. The Balaban J connectivity index is 1.77. The molecule has 1 amide bonds. The van der Waals surface area contributed by atoms with Crippen molar-refractivity contribution in [3.63, 3.8) is 0 Å². The second kappa shape index (κ2) is 5.36. The van der Waals surface area contributed by atoms with Crippen molar-refractivity contribution >= 4 is 5.91 Å². The maximum absolute atomic E-state index is 11.6. The van der Waals surface area contributed by atoms with E-state index >= 15 is 0 Å². The Morgan fingerprint density at radius 3 is 2.71 bits per heavy atom. The van der Waals surface area contributed by atoms with Crippen molar-refractivity contribution in [3.05, 3.63) is 0 Å². The highest BCUT2D eigenvalue weighted by molar-refractivity contribution is 5.76. The van der Waals surface area contributed by atoms with Crippen LogP contribution >= 0.6 is 0 Å². The highest BCUT2D eigenvalue weighted by atomic mass is 16.2. The number of hydrogen-bond donors (Lipinski definition) is 1. The van der Waals surface area contributed by atoms with Gasteiger partial charge < -0.3 is 15.1 Å². The number of nitrogens with one attached hydrogen (secondary N) is 1. The molecule has 17 heavy (non-hydrogen) atoms. The van der Waals surface area contributed by atoms with Crippen LogP contribution in [0.3, 0.4) is 0 Å². The van der Waals surface area contributed by atoms with E-state index in [2.05, 4.69) is 24.2 Å². The molecule has 4 nitrogen and oxygen atoms in total. The first-order valence-corrected chi connectivity index (χ1v) is 6.84. The van der Waals surface area contributed by atoms with Crippen molar-refractivity contribution in [2.24, 2.45) is 0 Å². The van der Waals surface area contributed by atoms with Gasteiger partial charge in [-0.05, 0) is 26.8 Å². The van der Waals surface area contributed by atoms with Gasteiger partial charge in [-0.3, -0.25) is 4.79 Å². The lowest BCUT2D eigenvalue weighted by Crippen LogP contribution is -2.42. The van der Waals surface area contributed by atoms with Crippen molar-refractivity contribution < 1.29 is 4.79 Å². The molecule has 1 N–H and O–H groups in total. The fourth-order valence-corrected chi connectivity index (χ4v) is 2.99. The molecule has 2 aliphatic heterocycles. The molecule has 4 heteroatoms. The number of amides is 1. The second-order valence-corrected chi connectivity index (χ2v) is 5.57. The quantitative estimate of drug-likeness (QED) is 0.786. The van der Waals surface area contributed by atoms with Crippen molar-refractivity contribution in [1.29, 1.82) is 0 Å². The minimum absolute atomic E-state index is 0.297. The molecule has 2 saturated heterocycles. The van der Waals surface area contributed by atoms with Gasteiger partial charge in [-0.1, -0.05) is 6.92 Å². The molecule has 2 heterocycles. The summed E-state index contributed by atoms with van der Waals surface area (Å²) < 4.78 is 0. The van der Waals surface area contributed by atoms with Crippen LogP contribution in [0.1, 0.15) is 33.1 Å². The van der Waals surface area contributed by atoms with Crippen molar-refractivity contribution in [2.45, 2.75) is 51.2 Å². The molecule has 0 aromatic heterocycles. The molecule has 3 unspecified atom stereocenters. The first-order valence-electron chi connectivity index (χ1n) is 6.84. The van der Waals surface area contributed by atoms with E-state index in [-0.39, 0.29) is 0 Å². The lowest BCUT2D eigenvalue weighted by Gasteiger charge is -2.19. The Morgan fingerprint density at radius 2 is 2.12 bits per heavy atom. The molecule has 3 atom stereocenters. The van der Waals surface area contributed by atoms with E-state index in [1.54, 1.807) is 0 Å². The van der Waals surface area contributed by atoms with Crippen LogP contribution in [0, 0.1) is 0 Å². The molecule has 0 aromatic carbocycles. The van der Waals surface area contributed by atoms with Gasteiger partial charge in [0.1, 0.15) is 0 Å². The van der Waals surface area contributed by atoms with Crippen LogP contribution in [0.25, 0.3) is 0 Å². The van der Waals surface area contributed by atoms with Gasteiger partial charge in [-0.15, -0.1) is 0 Å². The minimum Gasteiger partial charge on any atom is -0.341 e. The Bertz CT molecular complexity index is 272. The SMILES string of the molecule is CCC(=O)N1CCC(NC2CC(C)N(C)C2)C1. The van der Waals surface area contributed by atoms with E-state index in [1.165, 1.54) is 6.42 Å². The van der Waals surface area contributed by atoms with Gasteiger partial charge in [0.15, 0.2) is 0 Å². The molecule has 0 spiro atoms. The molecular weight excluding hydrogens is 214 g/mol. The zero-order chi connectivity index (χ0) is 12.4. The maximum atomic E-state index is 11.6. The fourth-order valence-electron chi connectivity index (χ4n) is 2.99. The van der Waals surface area contributed by atoms with E-state index in [0.29, 0.717) is 30.5 Å². The van der Waals surface area contributed by atoms with E-state index in [1.807, 2.05) is 11.8 Å². The normalized spacial score (nSPS) is 34.5. The maximum Gasteiger partial charge on any atom is 0.222 e. The van der Waals surface area contributed by atoms with Crippen LogP contribution in [0.4, 0.5) is 0 Å².